The molecule has 2 amide bonds. The number of hydrogen-bond acceptors (Lipinski definition) is 6. The maximum atomic E-state index is 13.2. The van der Waals surface area contributed by atoms with Crippen LogP contribution in [0.1, 0.15) is 47.4 Å². The van der Waals surface area contributed by atoms with E-state index in [2.05, 4.69) is 21.2 Å². The van der Waals surface area contributed by atoms with Gasteiger partial charge < -0.3 is 14.8 Å². The van der Waals surface area contributed by atoms with Gasteiger partial charge in [0.05, 0.1) is 26.0 Å². The zero-order valence-electron chi connectivity index (χ0n) is 17.8. The third kappa shape index (κ3) is 3.19. The number of ether oxygens (including phenoxy) is 2. The van der Waals surface area contributed by atoms with Crippen molar-refractivity contribution in [3.63, 3.8) is 0 Å². The highest BCUT2D eigenvalue weighted by Crippen LogP contribution is 2.48. The van der Waals surface area contributed by atoms with Crippen molar-refractivity contribution in [2.24, 2.45) is 5.92 Å². The summed E-state index contributed by atoms with van der Waals surface area (Å²) < 4.78 is 36.6. The Bertz CT molecular complexity index is 1200. The first kappa shape index (κ1) is 20.0. The van der Waals surface area contributed by atoms with Gasteiger partial charge in [0.15, 0.2) is 9.92 Å². The summed E-state index contributed by atoms with van der Waals surface area (Å²) in [6.07, 6.45) is 7.26. The number of aryl methyl sites for hydroxylation is 3. The number of amides is 2. The number of urea groups is 1. The zero-order chi connectivity index (χ0) is 21.9. The Hall–Kier alpha value is -2.59. The van der Waals surface area contributed by atoms with E-state index in [0.29, 0.717) is 30.9 Å². The lowest BCUT2D eigenvalue weighted by Crippen LogP contribution is -2.35. The van der Waals surface area contributed by atoms with Gasteiger partial charge in [-0.2, -0.15) is 5.10 Å². The van der Waals surface area contributed by atoms with Crippen LogP contribution in [-0.4, -0.2) is 39.8 Å². The highest BCUT2D eigenvalue weighted by atomic mass is 32.2. The fourth-order valence-corrected chi connectivity index (χ4v) is 6.60. The van der Waals surface area contributed by atoms with E-state index in [1.165, 1.54) is 28.5 Å². The van der Waals surface area contributed by atoms with Gasteiger partial charge in [-0.3, -0.25) is 0 Å². The van der Waals surface area contributed by atoms with Crippen molar-refractivity contribution in [1.82, 2.24) is 14.5 Å². The number of hydrogen-bond donors (Lipinski definition) is 3. The molecule has 2 unspecified atom stereocenters. The van der Waals surface area contributed by atoms with E-state index in [9.17, 15) is 9.00 Å². The van der Waals surface area contributed by atoms with Gasteiger partial charge in [0.25, 0.3) is 0 Å². The number of carbonyl (C=O) groups is 1. The van der Waals surface area contributed by atoms with Crippen molar-refractivity contribution in [2.75, 3.05) is 25.1 Å². The van der Waals surface area contributed by atoms with E-state index in [0.717, 1.165) is 57.4 Å². The molecule has 0 radical (unpaired) electrons. The minimum Gasteiger partial charge on any atom is -0.477 e. The summed E-state index contributed by atoms with van der Waals surface area (Å²) >= 11 is 0. The molecule has 1 fully saturated rings. The second-order valence-corrected chi connectivity index (χ2v) is 10.9. The number of carbonyl (C=O) groups excluding carboxylic acids is 1. The number of nitrogens with one attached hydrogen (secondary N) is 3. The van der Waals surface area contributed by atoms with Crippen LogP contribution in [0.5, 0.6) is 5.88 Å². The van der Waals surface area contributed by atoms with Crippen molar-refractivity contribution in [1.29, 1.82) is 4.78 Å². The largest absolute Gasteiger partial charge is 0.477 e. The molecule has 3 N–H and O–H groups in total. The molecule has 32 heavy (non-hydrogen) atoms. The average Bonchev–Trinajstić information content (AvgIpc) is 3.44. The second kappa shape index (κ2) is 7.48. The summed E-state index contributed by atoms with van der Waals surface area (Å²) in [6.45, 7) is 2.65. The fraction of sp³-hybridized carbons (Fsp3) is 0.545. The quantitative estimate of drug-likeness (QED) is 0.652. The van der Waals surface area contributed by atoms with E-state index in [4.69, 9.17) is 14.3 Å². The van der Waals surface area contributed by atoms with Crippen LogP contribution >= 0.6 is 0 Å². The predicted octanol–water partition coefficient (Wildman–Crippen LogP) is 2.97. The second-order valence-electron chi connectivity index (χ2n) is 9.11. The molecule has 4 aliphatic rings. The molecule has 2 aliphatic carbocycles. The summed E-state index contributed by atoms with van der Waals surface area (Å²) in [5.74, 6) is 1.16. The van der Waals surface area contributed by atoms with Crippen LogP contribution in [0.3, 0.4) is 0 Å². The van der Waals surface area contributed by atoms with E-state index in [1.807, 2.05) is 0 Å². The van der Waals surface area contributed by atoms with Gasteiger partial charge in [-0.05, 0) is 60.3 Å². The molecule has 6 rings (SSSR count). The van der Waals surface area contributed by atoms with Gasteiger partial charge in [-0.1, -0.05) is 6.07 Å². The molecule has 3 heterocycles. The molecule has 0 bridgehead atoms. The molecule has 170 valence electrons. The van der Waals surface area contributed by atoms with Crippen molar-refractivity contribution < 1.29 is 18.5 Å². The number of nitrogens with zero attached hydrogens (tertiary/aromatic N) is 2. The lowest BCUT2D eigenvalue weighted by Gasteiger charge is -2.33. The number of rotatable bonds is 4. The molecule has 9 nitrogen and oxygen atoms in total. The number of fused-ring (bicyclic) bond motifs is 3. The Kier molecular flexibility index (Phi) is 4.69. The van der Waals surface area contributed by atoms with E-state index in [-0.39, 0.29) is 4.90 Å². The maximum absolute atomic E-state index is 13.2. The first-order chi connectivity index (χ1) is 15.5. The number of benzene rings is 1. The van der Waals surface area contributed by atoms with Crippen molar-refractivity contribution in [3.8, 4) is 5.88 Å². The Morgan fingerprint density at radius 1 is 1.22 bits per heavy atom. The highest BCUT2D eigenvalue weighted by molar-refractivity contribution is 7.91. The van der Waals surface area contributed by atoms with Crippen LogP contribution in [0.25, 0.3) is 0 Å². The summed E-state index contributed by atoms with van der Waals surface area (Å²) in [5.41, 5.74) is 5.88. The Balaban J connectivity index is 1.30. The number of anilines is 1. The van der Waals surface area contributed by atoms with Gasteiger partial charge in [-0.25, -0.2) is 23.2 Å². The SMILES string of the molecule is N=S(=O)(NC(=O)Nc1c2c(cc3c1C(C1COC1)CC3)CCC2)c1cnn2c1OCCC2. The average molecular weight is 458 g/mol. The molecule has 0 saturated carbocycles. The van der Waals surface area contributed by atoms with Crippen molar-refractivity contribution >= 4 is 21.6 Å². The van der Waals surface area contributed by atoms with Gasteiger partial charge in [0.1, 0.15) is 4.90 Å². The summed E-state index contributed by atoms with van der Waals surface area (Å²) in [5, 5.41) is 7.18. The molecular weight excluding hydrogens is 430 g/mol. The molecule has 2 aliphatic heterocycles. The molecule has 2 aromatic rings. The monoisotopic (exact) mass is 457 g/mol. The van der Waals surface area contributed by atoms with Crippen LogP contribution in [0, 0.1) is 10.7 Å². The van der Waals surface area contributed by atoms with Gasteiger partial charge >= 0.3 is 6.03 Å². The topological polar surface area (TPSA) is 118 Å². The number of aromatic nitrogens is 2. The van der Waals surface area contributed by atoms with E-state index < -0.39 is 15.9 Å². The summed E-state index contributed by atoms with van der Waals surface area (Å²) in [7, 11) is -3.62. The van der Waals surface area contributed by atoms with E-state index in [1.54, 1.807) is 4.68 Å². The zero-order valence-corrected chi connectivity index (χ0v) is 18.6. The van der Waals surface area contributed by atoms with Crippen LogP contribution in [0.4, 0.5) is 10.5 Å². The molecular formula is C22H27N5O4S. The molecule has 2 atom stereocenters. The minimum atomic E-state index is -3.62. The lowest BCUT2D eigenvalue weighted by molar-refractivity contribution is -0.0446. The van der Waals surface area contributed by atoms with Crippen molar-refractivity contribution in [3.05, 3.63) is 34.5 Å². The highest BCUT2D eigenvalue weighted by Gasteiger charge is 2.38. The smallest absolute Gasteiger partial charge is 0.331 e. The first-order valence-corrected chi connectivity index (χ1v) is 12.9. The molecule has 0 spiro atoms. The third-order valence-electron chi connectivity index (χ3n) is 7.15. The van der Waals surface area contributed by atoms with Gasteiger partial charge in [0.2, 0.25) is 5.88 Å². The Morgan fingerprint density at radius 3 is 2.91 bits per heavy atom. The third-order valence-corrected chi connectivity index (χ3v) is 8.52. The first-order valence-electron chi connectivity index (χ1n) is 11.3. The maximum Gasteiger partial charge on any atom is 0.331 e. The minimum absolute atomic E-state index is 0.111. The standard InChI is InChI=1S/C22H27N5O4S/c23-32(29,18-10-24-27-7-2-8-31-21(18)27)26-22(28)25-20-17-4-1-3-13(17)9-14-5-6-16(19(14)20)15-11-30-12-15/h9-10,15-16H,1-8,11-12H2,(H3,23,25,26,28,29). The summed E-state index contributed by atoms with van der Waals surface area (Å²) in [6, 6.07) is 1.70. The van der Waals surface area contributed by atoms with Crippen LogP contribution < -0.4 is 14.8 Å². The molecule has 1 aromatic carbocycles. The van der Waals surface area contributed by atoms with Gasteiger partial charge in [0, 0.05) is 24.6 Å². The predicted molar refractivity (Wildman–Crippen MR) is 117 cm³/mol. The Morgan fingerprint density at radius 2 is 2.09 bits per heavy atom. The van der Waals surface area contributed by atoms with Gasteiger partial charge in [-0.15, -0.1) is 0 Å². The van der Waals surface area contributed by atoms with Crippen molar-refractivity contribution in [2.45, 2.75) is 55.9 Å². The molecule has 1 aromatic heterocycles. The normalized spacial score (nSPS) is 23.3. The molecule has 10 heteroatoms. The Labute approximate surface area is 187 Å². The lowest BCUT2D eigenvalue weighted by atomic mass is 9.84. The summed E-state index contributed by atoms with van der Waals surface area (Å²) in [4.78, 5) is 13.1. The molecule has 1 saturated heterocycles. The van der Waals surface area contributed by atoms with Crippen LogP contribution in [0.2, 0.25) is 0 Å². The van der Waals surface area contributed by atoms with E-state index >= 15 is 0 Å². The van der Waals surface area contributed by atoms with Crippen LogP contribution in [-0.2, 0) is 40.5 Å². The van der Waals surface area contributed by atoms with Crippen LogP contribution in [0.15, 0.2) is 17.2 Å². The fourth-order valence-electron chi connectivity index (χ4n) is 5.58.